The van der Waals surface area contributed by atoms with E-state index in [-0.39, 0.29) is 24.3 Å². The van der Waals surface area contributed by atoms with Crippen molar-refractivity contribution in [1.82, 2.24) is 10.2 Å². The van der Waals surface area contributed by atoms with Crippen LogP contribution in [-0.4, -0.2) is 49.6 Å². The van der Waals surface area contributed by atoms with Gasteiger partial charge in [0.05, 0.1) is 6.54 Å². The normalized spacial score (nSPS) is 16.1. The maximum Gasteiger partial charge on any atom is 0.241 e. The quantitative estimate of drug-likeness (QED) is 0.755. The van der Waals surface area contributed by atoms with Gasteiger partial charge in [0.15, 0.2) is 0 Å². The van der Waals surface area contributed by atoms with E-state index in [4.69, 9.17) is 4.74 Å². The molecule has 1 aliphatic rings. The Hall–Kier alpha value is -1.10. The number of amides is 2. The summed E-state index contributed by atoms with van der Waals surface area (Å²) in [5.41, 5.74) is 0. The summed E-state index contributed by atoms with van der Waals surface area (Å²) in [6.07, 6.45) is 3.40. The van der Waals surface area contributed by atoms with Gasteiger partial charge >= 0.3 is 0 Å². The van der Waals surface area contributed by atoms with E-state index < -0.39 is 0 Å². The Kier molecular flexibility index (Phi) is 7.48. The van der Waals surface area contributed by atoms with E-state index in [1.54, 1.807) is 0 Å². The molecule has 0 unspecified atom stereocenters. The molecule has 5 heteroatoms. The highest BCUT2D eigenvalue weighted by molar-refractivity contribution is 5.85. The van der Waals surface area contributed by atoms with E-state index in [0.29, 0.717) is 13.2 Å². The number of hydrogen-bond donors (Lipinski definition) is 1. The lowest BCUT2D eigenvalue weighted by Gasteiger charge is -2.24. The van der Waals surface area contributed by atoms with E-state index >= 15 is 0 Å². The van der Waals surface area contributed by atoms with Gasteiger partial charge in [0.1, 0.15) is 0 Å². The summed E-state index contributed by atoms with van der Waals surface area (Å²) in [6.45, 7) is 7.04. The molecule has 1 heterocycles. The number of nitrogens with one attached hydrogen (secondary N) is 1. The van der Waals surface area contributed by atoms with Gasteiger partial charge in [0.2, 0.25) is 11.8 Å². The number of hydrogen-bond acceptors (Lipinski definition) is 3. The molecule has 0 aromatic carbocycles. The summed E-state index contributed by atoms with van der Waals surface area (Å²) in [5, 5.41) is 2.76. The van der Waals surface area contributed by atoms with Crippen molar-refractivity contribution < 1.29 is 14.3 Å². The van der Waals surface area contributed by atoms with Crippen molar-refractivity contribution in [2.75, 3.05) is 32.8 Å². The highest BCUT2D eigenvalue weighted by Gasteiger charge is 2.22. The molecule has 1 rings (SSSR count). The first kappa shape index (κ1) is 16.0. The number of rotatable bonds is 7. The Bertz CT molecular complexity index is 282. The fourth-order valence-corrected chi connectivity index (χ4v) is 2.28. The average Bonchev–Trinajstić information content (AvgIpc) is 2.45. The van der Waals surface area contributed by atoms with E-state index in [1.165, 1.54) is 0 Å². The van der Waals surface area contributed by atoms with Crippen LogP contribution in [0.1, 0.15) is 39.5 Å². The Morgan fingerprint density at radius 3 is 2.26 bits per heavy atom. The van der Waals surface area contributed by atoms with Gasteiger partial charge in [-0.15, -0.1) is 0 Å². The molecule has 0 radical (unpaired) electrons. The van der Waals surface area contributed by atoms with Crippen molar-refractivity contribution in [3.05, 3.63) is 0 Å². The monoisotopic (exact) mass is 270 g/mol. The molecule has 0 atom stereocenters. The van der Waals surface area contributed by atoms with Crippen molar-refractivity contribution in [1.29, 1.82) is 0 Å². The molecule has 0 bridgehead atoms. The largest absolute Gasteiger partial charge is 0.381 e. The van der Waals surface area contributed by atoms with Crippen molar-refractivity contribution in [3.63, 3.8) is 0 Å². The van der Waals surface area contributed by atoms with Crippen LogP contribution in [-0.2, 0) is 14.3 Å². The molecule has 0 aliphatic carbocycles. The summed E-state index contributed by atoms with van der Waals surface area (Å²) in [7, 11) is 0. The standard InChI is InChI=1S/C14H26N2O3/c1-3-7-16(8-4-2)13(17)11-15-14(18)12-5-9-19-10-6-12/h12H,3-11H2,1-2H3,(H,15,18). The van der Waals surface area contributed by atoms with E-state index in [2.05, 4.69) is 19.2 Å². The first-order chi connectivity index (χ1) is 9.19. The van der Waals surface area contributed by atoms with Crippen molar-refractivity contribution >= 4 is 11.8 Å². The van der Waals surface area contributed by atoms with E-state index in [1.807, 2.05) is 4.90 Å². The van der Waals surface area contributed by atoms with Crippen LogP contribution in [0.4, 0.5) is 0 Å². The first-order valence-electron chi connectivity index (χ1n) is 7.32. The van der Waals surface area contributed by atoms with Crippen LogP contribution in [0, 0.1) is 5.92 Å². The topological polar surface area (TPSA) is 58.6 Å². The maximum absolute atomic E-state index is 12.0. The molecule has 2 amide bonds. The second kappa shape index (κ2) is 8.91. The molecule has 1 aliphatic heterocycles. The molecule has 0 saturated carbocycles. The zero-order valence-electron chi connectivity index (χ0n) is 12.1. The third kappa shape index (κ3) is 5.59. The minimum Gasteiger partial charge on any atom is -0.381 e. The lowest BCUT2D eigenvalue weighted by molar-refractivity contribution is -0.135. The molecule has 1 saturated heterocycles. The minimum atomic E-state index is -0.00963. The second-order valence-electron chi connectivity index (χ2n) is 4.99. The average molecular weight is 270 g/mol. The molecule has 110 valence electrons. The summed E-state index contributed by atoms with van der Waals surface area (Å²) in [5.74, 6) is 0.0149. The summed E-state index contributed by atoms with van der Waals surface area (Å²) in [4.78, 5) is 25.7. The van der Waals surface area contributed by atoms with E-state index in [0.717, 1.165) is 38.8 Å². The Morgan fingerprint density at radius 1 is 1.16 bits per heavy atom. The summed E-state index contributed by atoms with van der Waals surface area (Å²) >= 11 is 0. The zero-order chi connectivity index (χ0) is 14.1. The zero-order valence-corrected chi connectivity index (χ0v) is 12.1. The molecule has 19 heavy (non-hydrogen) atoms. The van der Waals surface area contributed by atoms with Gasteiger partial charge in [-0.1, -0.05) is 13.8 Å². The molecule has 5 nitrogen and oxygen atoms in total. The molecular weight excluding hydrogens is 244 g/mol. The highest BCUT2D eigenvalue weighted by atomic mass is 16.5. The van der Waals surface area contributed by atoms with E-state index in [9.17, 15) is 9.59 Å². The van der Waals surface area contributed by atoms with Crippen molar-refractivity contribution in [2.24, 2.45) is 5.92 Å². The van der Waals surface area contributed by atoms with Crippen LogP contribution in [0.25, 0.3) is 0 Å². The predicted molar refractivity (Wildman–Crippen MR) is 73.7 cm³/mol. The molecule has 0 spiro atoms. The number of carbonyl (C=O) groups is 2. The number of nitrogens with zero attached hydrogens (tertiary/aromatic N) is 1. The molecule has 0 aromatic heterocycles. The lowest BCUT2D eigenvalue weighted by Crippen LogP contribution is -2.43. The number of carbonyl (C=O) groups excluding carboxylic acids is 2. The SMILES string of the molecule is CCCN(CCC)C(=O)CNC(=O)C1CCOCC1. The van der Waals surface area contributed by atoms with Crippen molar-refractivity contribution in [3.8, 4) is 0 Å². The van der Waals surface area contributed by atoms with Crippen LogP contribution < -0.4 is 5.32 Å². The van der Waals surface area contributed by atoms with Gasteiger partial charge in [-0.2, -0.15) is 0 Å². The highest BCUT2D eigenvalue weighted by Crippen LogP contribution is 2.14. The lowest BCUT2D eigenvalue weighted by atomic mass is 9.99. The Morgan fingerprint density at radius 2 is 1.74 bits per heavy atom. The van der Waals surface area contributed by atoms with Gasteiger partial charge in [0, 0.05) is 32.2 Å². The third-order valence-corrected chi connectivity index (χ3v) is 3.35. The molecule has 1 fully saturated rings. The van der Waals surface area contributed by atoms with Crippen molar-refractivity contribution in [2.45, 2.75) is 39.5 Å². The Balaban J connectivity index is 2.32. The summed E-state index contributed by atoms with van der Waals surface area (Å²) in [6, 6.07) is 0. The fourth-order valence-electron chi connectivity index (χ4n) is 2.28. The molecular formula is C14H26N2O3. The van der Waals surface area contributed by atoms with Crippen LogP contribution in [0.2, 0.25) is 0 Å². The van der Waals surface area contributed by atoms with Crippen LogP contribution in [0.5, 0.6) is 0 Å². The van der Waals surface area contributed by atoms with Crippen LogP contribution in [0.15, 0.2) is 0 Å². The first-order valence-corrected chi connectivity index (χ1v) is 7.32. The summed E-state index contributed by atoms with van der Waals surface area (Å²) < 4.78 is 5.22. The molecule has 1 N–H and O–H groups in total. The van der Waals surface area contributed by atoms with Gasteiger partial charge in [-0.3, -0.25) is 9.59 Å². The predicted octanol–water partition coefficient (Wildman–Crippen LogP) is 1.18. The second-order valence-corrected chi connectivity index (χ2v) is 4.99. The Labute approximate surface area is 115 Å². The maximum atomic E-state index is 12.0. The van der Waals surface area contributed by atoms with Crippen LogP contribution >= 0.6 is 0 Å². The number of ether oxygens (including phenoxy) is 1. The van der Waals surface area contributed by atoms with Gasteiger partial charge in [-0.25, -0.2) is 0 Å². The van der Waals surface area contributed by atoms with Gasteiger partial charge in [-0.05, 0) is 25.7 Å². The fraction of sp³-hybridized carbons (Fsp3) is 0.857. The van der Waals surface area contributed by atoms with Crippen LogP contribution in [0.3, 0.4) is 0 Å². The van der Waals surface area contributed by atoms with Gasteiger partial charge < -0.3 is 15.0 Å². The third-order valence-electron chi connectivity index (χ3n) is 3.35. The molecule has 0 aromatic rings. The minimum absolute atomic E-state index is 0.00681. The van der Waals surface area contributed by atoms with Gasteiger partial charge in [0.25, 0.3) is 0 Å². The smallest absolute Gasteiger partial charge is 0.241 e.